The van der Waals surface area contributed by atoms with Gasteiger partial charge in [-0.3, -0.25) is 4.55 Å². The number of rotatable bonds is 6. The summed E-state index contributed by atoms with van der Waals surface area (Å²) in [6.07, 6.45) is 5.38. The minimum absolute atomic E-state index is 0. The van der Waals surface area contributed by atoms with Gasteiger partial charge in [-0.25, -0.2) is 0 Å². The Morgan fingerprint density at radius 3 is 2.06 bits per heavy atom. The van der Waals surface area contributed by atoms with E-state index in [0.717, 1.165) is 19.3 Å². The van der Waals surface area contributed by atoms with Crippen LogP contribution in [0, 0.1) is 0 Å². The van der Waals surface area contributed by atoms with Crippen molar-refractivity contribution in [2.45, 2.75) is 64.2 Å². The fourth-order valence-electron chi connectivity index (χ4n) is 1.15. The fraction of sp³-hybridized carbons (Fsp3) is 0.833. The molecule has 0 aliphatic heterocycles. The van der Waals surface area contributed by atoms with Crippen LogP contribution in [0.1, 0.15) is 53.4 Å². The first-order valence-electron chi connectivity index (χ1n) is 5.94. The Morgan fingerprint density at radius 1 is 1.39 bits per heavy atom. The van der Waals surface area contributed by atoms with Gasteiger partial charge in [0.15, 0.2) is 0 Å². The van der Waals surface area contributed by atoms with Gasteiger partial charge < -0.3 is 5.73 Å². The van der Waals surface area contributed by atoms with Crippen molar-refractivity contribution < 1.29 is 13.0 Å². The van der Waals surface area contributed by atoms with E-state index in [4.69, 9.17) is 10.3 Å². The van der Waals surface area contributed by atoms with Gasteiger partial charge >= 0.3 is 29.6 Å². The molecule has 18 heavy (non-hydrogen) atoms. The molecule has 0 fully saturated rings. The van der Waals surface area contributed by atoms with Crippen molar-refractivity contribution in [3.63, 3.8) is 0 Å². The summed E-state index contributed by atoms with van der Waals surface area (Å²) in [5, 5.41) is 0. The second kappa shape index (κ2) is 11.4. The van der Waals surface area contributed by atoms with E-state index in [1.807, 2.05) is 6.92 Å². The van der Waals surface area contributed by atoms with E-state index in [1.54, 1.807) is 6.08 Å². The molecular formula is C12H28NNaO3S. The molecular weight excluding hydrogens is 261 g/mol. The summed E-state index contributed by atoms with van der Waals surface area (Å²) < 4.78 is 29.7. The van der Waals surface area contributed by atoms with Gasteiger partial charge in [-0.2, -0.15) is 8.42 Å². The van der Waals surface area contributed by atoms with E-state index < -0.39 is 20.9 Å². The van der Waals surface area contributed by atoms with Crippen LogP contribution in [-0.2, 0) is 10.1 Å². The molecule has 0 aliphatic rings. The number of allylic oxidation sites excluding steroid dienone is 1. The molecule has 0 heterocycles. The van der Waals surface area contributed by atoms with Crippen molar-refractivity contribution in [2.75, 3.05) is 0 Å². The number of hydrogen-bond acceptors (Lipinski definition) is 3. The number of unbranched alkanes of at least 4 members (excludes halogenated alkanes) is 2. The molecule has 6 heteroatoms. The summed E-state index contributed by atoms with van der Waals surface area (Å²) in [5.41, 5.74) is 5.74. The Kier molecular flexibility index (Phi) is 15.0. The molecule has 0 bridgehead atoms. The van der Waals surface area contributed by atoms with Gasteiger partial charge in [0.1, 0.15) is 4.75 Å². The minimum atomic E-state index is -4.06. The summed E-state index contributed by atoms with van der Waals surface area (Å²) in [6.45, 7) is 10.2. The van der Waals surface area contributed by atoms with Crippen molar-refractivity contribution >= 4 is 39.7 Å². The third-order valence-electron chi connectivity index (χ3n) is 2.68. The second-order valence-electron chi connectivity index (χ2n) is 4.59. The zero-order valence-electron chi connectivity index (χ0n) is 11.4. The summed E-state index contributed by atoms with van der Waals surface area (Å²) in [5.74, 6) is 0. The van der Waals surface area contributed by atoms with Gasteiger partial charge in [0.2, 0.25) is 0 Å². The quantitative estimate of drug-likeness (QED) is 0.340. The van der Waals surface area contributed by atoms with E-state index >= 15 is 0 Å². The average Bonchev–Trinajstić information content (AvgIpc) is 2.17. The van der Waals surface area contributed by atoms with Gasteiger partial charge in [0.25, 0.3) is 10.1 Å². The van der Waals surface area contributed by atoms with Crippen molar-refractivity contribution in [3.8, 4) is 0 Å². The molecule has 0 saturated heterocycles. The van der Waals surface area contributed by atoms with Crippen LogP contribution in [-0.4, -0.2) is 53.3 Å². The van der Waals surface area contributed by atoms with Crippen LogP contribution in [0.15, 0.2) is 12.7 Å². The predicted octanol–water partition coefficient (Wildman–Crippen LogP) is 2.10. The van der Waals surface area contributed by atoms with Crippen LogP contribution in [0.4, 0.5) is 0 Å². The Hall–Kier alpha value is 0.610. The molecule has 106 valence electrons. The maximum absolute atomic E-state index is 11.0. The number of hydrogen-bond donors (Lipinski definition) is 2. The van der Waals surface area contributed by atoms with Crippen molar-refractivity contribution in [2.24, 2.45) is 5.73 Å². The maximum atomic E-state index is 11.0. The molecule has 0 aromatic carbocycles. The van der Waals surface area contributed by atoms with Crippen LogP contribution in [0.2, 0.25) is 0 Å². The third-order valence-corrected chi connectivity index (χ3v) is 4.31. The van der Waals surface area contributed by atoms with Crippen LogP contribution >= 0.6 is 0 Å². The molecule has 0 aliphatic carbocycles. The van der Waals surface area contributed by atoms with Gasteiger partial charge in [0.05, 0.1) is 0 Å². The van der Waals surface area contributed by atoms with E-state index in [1.165, 1.54) is 13.8 Å². The molecule has 0 spiro atoms. The Balaban J connectivity index is -0.000000507. The Labute approximate surface area is 134 Å². The first kappa shape index (κ1) is 23.7. The summed E-state index contributed by atoms with van der Waals surface area (Å²) in [4.78, 5) is 0. The van der Waals surface area contributed by atoms with Gasteiger partial charge in [-0.1, -0.05) is 32.3 Å². The van der Waals surface area contributed by atoms with Gasteiger partial charge in [0, 0.05) is 6.04 Å². The fourth-order valence-corrected chi connectivity index (χ4v) is 1.65. The first-order chi connectivity index (χ1) is 7.65. The molecule has 0 aromatic rings. The summed E-state index contributed by atoms with van der Waals surface area (Å²) in [6, 6.07) is -0.510. The van der Waals surface area contributed by atoms with E-state index in [-0.39, 0.29) is 29.6 Å². The Bertz CT molecular complexity index is 302. The van der Waals surface area contributed by atoms with Crippen molar-refractivity contribution in [3.05, 3.63) is 12.7 Å². The molecule has 1 atom stereocenters. The van der Waals surface area contributed by atoms with Crippen molar-refractivity contribution in [1.29, 1.82) is 0 Å². The van der Waals surface area contributed by atoms with Crippen molar-refractivity contribution in [1.82, 2.24) is 0 Å². The molecule has 3 N–H and O–H groups in total. The van der Waals surface area contributed by atoms with E-state index in [0.29, 0.717) is 6.42 Å². The first-order valence-corrected chi connectivity index (χ1v) is 7.38. The monoisotopic (exact) mass is 289 g/mol. The molecule has 0 amide bonds. The van der Waals surface area contributed by atoms with Gasteiger partial charge in [-0.15, -0.1) is 6.58 Å². The SMILES string of the molecule is C=CC.CCCCCC(N)C(C)(C)S(=O)(=O)O.[NaH]. The summed E-state index contributed by atoms with van der Waals surface area (Å²) >= 11 is 0. The molecule has 4 nitrogen and oxygen atoms in total. The zero-order valence-corrected chi connectivity index (χ0v) is 12.3. The molecule has 0 radical (unpaired) electrons. The molecule has 1 unspecified atom stereocenters. The molecule has 0 rings (SSSR count). The second-order valence-corrected chi connectivity index (χ2v) is 6.59. The Morgan fingerprint density at radius 2 is 1.78 bits per heavy atom. The standard InChI is InChI=1S/C9H21NO3S.C3H6.Na.H/c1-4-5-6-7-8(10)9(2,3)14(11,12)13;1-3-2;;/h8H,4-7,10H2,1-3H3,(H,11,12,13);3H,1H2,2H3;;. The van der Waals surface area contributed by atoms with Crippen LogP contribution in [0.5, 0.6) is 0 Å². The topological polar surface area (TPSA) is 80.4 Å². The molecule has 0 aromatic heterocycles. The summed E-state index contributed by atoms with van der Waals surface area (Å²) in [7, 11) is -4.06. The third kappa shape index (κ3) is 9.53. The van der Waals surface area contributed by atoms with E-state index in [2.05, 4.69) is 13.5 Å². The zero-order chi connectivity index (χ0) is 14.1. The van der Waals surface area contributed by atoms with Crippen LogP contribution < -0.4 is 5.73 Å². The van der Waals surface area contributed by atoms with Crippen LogP contribution in [0.3, 0.4) is 0 Å². The average molecular weight is 289 g/mol. The predicted molar refractivity (Wildman–Crippen MR) is 80.8 cm³/mol. The number of nitrogens with two attached hydrogens (primary N) is 1. The van der Waals surface area contributed by atoms with Gasteiger partial charge in [-0.05, 0) is 27.2 Å². The normalized spacial score (nSPS) is 12.8. The van der Waals surface area contributed by atoms with E-state index in [9.17, 15) is 8.42 Å². The molecule has 0 saturated carbocycles. The van der Waals surface area contributed by atoms with Crippen LogP contribution in [0.25, 0.3) is 0 Å².